The molecule has 1 aromatic heterocycles. The molecule has 29 heavy (non-hydrogen) atoms. The first kappa shape index (κ1) is 23.3. The van der Waals surface area contributed by atoms with Crippen molar-refractivity contribution in [2.45, 2.75) is 0 Å². The monoisotopic (exact) mass is 462 g/mol. The van der Waals surface area contributed by atoms with Crippen molar-refractivity contribution < 1.29 is 19.1 Å². The molecule has 0 unspecified atom stereocenters. The smallest absolute Gasteiger partial charge is 0.337 e. The fraction of sp³-hybridized carbons (Fsp3) is 0.111. The summed E-state index contributed by atoms with van der Waals surface area (Å²) in [5.74, 6) is -0.455. The number of ether oxygens (including phenoxy) is 2. The SMILES string of the molecule is COC(=O)c1ccc(N)c(N)c1.COC(=O)c1ccc2nc(N)[nH]c2c1.N#CBr. The average Bonchev–Trinajstić information content (AvgIpc) is 3.09. The highest BCUT2D eigenvalue weighted by molar-refractivity contribution is 9.12. The number of fused-ring (bicyclic) bond motifs is 1. The highest BCUT2D eigenvalue weighted by Gasteiger charge is 2.07. The maximum Gasteiger partial charge on any atom is 0.337 e. The molecule has 152 valence electrons. The van der Waals surface area contributed by atoms with E-state index in [0.717, 1.165) is 11.0 Å². The molecular formula is C18H19BrN6O4. The van der Waals surface area contributed by atoms with Gasteiger partial charge >= 0.3 is 11.9 Å². The van der Waals surface area contributed by atoms with E-state index in [2.05, 4.69) is 35.4 Å². The first-order valence-electron chi connectivity index (χ1n) is 7.83. The first-order chi connectivity index (χ1) is 13.8. The minimum atomic E-state index is -0.415. The molecule has 7 N–H and O–H groups in total. The number of esters is 2. The van der Waals surface area contributed by atoms with E-state index in [1.807, 2.05) is 0 Å². The van der Waals surface area contributed by atoms with E-state index >= 15 is 0 Å². The van der Waals surface area contributed by atoms with Crippen molar-refractivity contribution in [1.29, 1.82) is 5.26 Å². The Morgan fingerprint density at radius 3 is 2.03 bits per heavy atom. The van der Waals surface area contributed by atoms with Crippen molar-refractivity contribution in [3.63, 3.8) is 0 Å². The highest BCUT2D eigenvalue weighted by atomic mass is 79.9. The Hall–Kier alpha value is -3.78. The van der Waals surface area contributed by atoms with E-state index in [9.17, 15) is 9.59 Å². The summed E-state index contributed by atoms with van der Waals surface area (Å²) in [6.07, 6.45) is 0. The molecule has 0 atom stereocenters. The minimum absolute atomic E-state index is 0.335. The average molecular weight is 463 g/mol. The molecule has 0 aliphatic rings. The lowest BCUT2D eigenvalue weighted by atomic mass is 10.2. The van der Waals surface area contributed by atoms with Crippen LogP contribution in [0.2, 0.25) is 0 Å². The standard InChI is InChI=1S/C9H9N3O2.C8H10N2O2.CBrN/c1-14-8(13)5-2-3-6-7(4-5)12-9(10)11-6;1-12-8(11)5-2-3-6(9)7(10)4-5;2-1-3/h2-4H,1H3,(H3,10,11,12);2-4H,9-10H2,1H3;. The fourth-order valence-corrected chi connectivity index (χ4v) is 2.09. The molecule has 0 bridgehead atoms. The molecule has 3 aromatic rings. The number of rotatable bonds is 2. The van der Waals surface area contributed by atoms with Gasteiger partial charge in [0.2, 0.25) is 0 Å². The van der Waals surface area contributed by atoms with Crippen LogP contribution in [0.15, 0.2) is 36.4 Å². The van der Waals surface area contributed by atoms with Crippen LogP contribution in [0, 0.1) is 10.2 Å². The van der Waals surface area contributed by atoms with Gasteiger partial charge < -0.3 is 31.7 Å². The maximum absolute atomic E-state index is 11.2. The van der Waals surface area contributed by atoms with Crippen molar-refractivity contribution in [3.05, 3.63) is 47.5 Å². The van der Waals surface area contributed by atoms with Crippen LogP contribution in [0.1, 0.15) is 20.7 Å². The number of aromatic nitrogens is 2. The van der Waals surface area contributed by atoms with Gasteiger partial charge in [-0.05, 0) is 36.4 Å². The van der Waals surface area contributed by atoms with E-state index < -0.39 is 5.97 Å². The van der Waals surface area contributed by atoms with E-state index in [4.69, 9.17) is 22.5 Å². The first-order valence-corrected chi connectivity index (χ1v) is 8.63. The number of halogens is 1. The molecule has 0 radical (unpaired) electrons. The Bertz CT molecular complexity index is 1040. The van der Waals surface area contributed by atoms with Crippen molar-refractivity contribution in [3.8, 4) is 4.98 Å². The van der Waals surface area contributed by atoms with Crippen LogP contribution in [-0.2, 0) is 9.47 Å². The highest BCUT2D eigenvalue weighted by Crippen LogP contribution is 2.16. The van der Waals surface area contributed by atoms with Crippen molar-refractivity contribution >= 4 is 56.2 Å². The van der Waals surface area contributed by atoms with Crippen LogP contribution >= 0.6 is 15.9 Å². The van der Waals surface area contributed by atoms with Gasteiger partial charge in [0.1, 0.15) is 4.98 Å². The largest absolute Gasteiger partial charge is 0.465 e. The summed E-state index contributed by atoms with van der Waals surface area (Å²) >= 11 is 2.45. The van der Waals surface area contributed by atoms with E-state index in [-0.39, 0.29) is 5.97 Å². The molecule has 3 rings (SSSR count). The van der Waals surface area contributed by atoms with Crippen LogP contribution < -0.4 is 17.2 Å². The lowest BCUT2D eigenvalue weighted by molar-refractivity contribution is 0.0592. The van der Waals surface area contributed by atoms with Gasteiger partial charge in [-0.3, -0.25) is 0 Å². The fourth-order valence-electron chi connectivity index (χ4n) is 2.09. The van der Waals surface area contributed by atoms with Gasteiger partial charge in [-0.15, -0.1) is 0 Å². The second kappa shape index (κ2) is 11.2. The molecule has 11 heteroatoms. The van der Waals surface area contributed by atoms with Crippen LogP contribution in [0.25, 0.3) is 11.0 Å². The molecule has 0 aliphatic heterocycles. The summed E-state index contributed by atoms with van der Waals surface area (Å²) in [5, 5.41) is 7.24. The number of methoxy groups -OCH3 is 2. The third-order valence-corrected chi connectivity index (χ3v) is 3.43. The number of H-pyrrole nitrogens is 1. The Kier molecular flexibility index (Phi) is 8.94. The zero-order chi connectivity index (χ0) is 22.0. The summed E-state index contributed by atoms with van der Waals surface area (Å²) < 4.78 is 9.08. The van der Waals surface area contributed by atoms with Crippen molar-refractivity contribution in [1.82, 2.24) is 9.97 Å². The lowest BCUT2D eigenvalue weighted by Gasteiger charge is -2.02. The van der Waals surface area contributed by atoms with E-state index in [0.29, 0.717) is 28.5 Å². The number of nitrogens with two attached hydrogens (primary N) is 3. The van der Waals surface area contributed by atoms with Crippen molar-refractivity contribution in [2.75, 3.05) is 31.4 Å². The molecule has 1 heterocycles. The maximum atomic E-state index is 11.2. The summed E-state index contributed by atoms with van der Waals surface area (Å²) in [6.45, 7) is 0. The number of nitrogens with one attached hydrogen (secondary N) is 1. The van der Waals surface area contributed by atoms with Gasteiger partial charge in [-0.1, -0.05) is 0 Å². The number of nitrogen functional groups attached to an aromatic ring is 3. The van der Waals surface area contributed by atoms with Gasteiger partial charge in [-0.2, -0.15) is 5.26 Å². The number of imidazole rings is 1. The number of benzene rings is 2. The molecule has 0 spiro atoms. The number of aromatic amines is 1. The van der Waals surface area contributed by atoms with Gasteiger partial charge in [0.05, 0.1) is 47.8 Å². The van der Waals surface area contributed by atoms with Crippen LogP contribution in [0.5, 0.6) is 0 Å². The summed E-state index contributed by atoms with van der Waals surface area (Å²) in [6, 6.07) is 9.65. The van der Waals surface area contributed by atoms with Crippen LogP contribution in [0.3, 0.4) is 0 Å². The molecule has 10 nitrogen and oxygen atoms in total. The summed E-state index contributed by atoms with van der Waals surface area (Å²) in [4.78, 5) is 30.5. The Morgan fingerprint density at radius 2 is 1.52 bits per heavy atom. The minimum Gasteiger partial charge on any atom is -0.465 e. The number of anilines is 3. The lowest BCUT2D eigenvalue weighted by Crippen LogP contribution is -2.03. The summed E-state index contributed by atoms with van der Waals surface area (Å²) in [5.41, 5.74) is 19.6. The third-order valence-electron chi connectivity index (χ3n) is 3.43. The van der Waals surface area contributed by atoms with Gasteiger partial charge in [-0.25, -0.2) is 14.6 Å². The number of nitrogens with zero attached hydrogens (tertiary/aromatic N) is 2. The van der Waals surface area contributed by atoms with Crippen LogP contribution in [0.4, 0.5) is 17.3 Å². The quantitative estimate of drug-likeness (QED) is 0.327. The van der Waals surface area contributed by atoms with Gasteiger partial charge in [0.25, 0.3) is 0 Å². The normalized spacial score (nSPS) is 9.17. The Morgan fingerprint density at radius 1 is 1.00 bits per heavy atom. The van der Waals surface area contributed by atoms with Crippen molar-refractivity contribution in [2.24, 2.45) is 0 Å². The second-order valence-electron chi connectivity index (χ2n) is 5.27. The Balaban J connectivity index is 0.000000259. The Labute approximate surface area is 174 Å². The molecule has 0 saturated heterocycles. The molecule has 0 aliphatic carbocycles. The number of carbonyl (C=O) groups excluding carboxylic acids is 2. The topological polar surface area (TPSA) is 183 Å². The number of hydrogen-bond donors (Lipinski definition) is 4. The number of carbonyl (C=O) groups is 2. The number of hydrogen-bond acceptors (Lipinski definition) is 9. The zero-order valence-corrected chi connectivity index (χ0v) is 17.2. The number of nitriles is 1. The van der Waals surface area contributed by atoms with E-state index in [1.54, 1.807) is 35.3 Å². The predicted molar refractivity (Wildman–Crippen MR) is 113 cm³/mol. The van der Waals surface area contributed by atoms with E-state index in [1.165, 1.54) is 20.3 Å². The van der Waals surface area contributed by atoms with Gasteiger partial charge in [0, 0.05) is 15.9 Å². The molecule has 2 aromatic carbocycles. The molecular weight excluding hydrogens is 444 g/mol. The third kappa shape index (κ3) is 6.71. The summed E-state index contributed by atoms with van der Waals surface area (Å²) in [7, 11) is 2.66. The zero-order valence-electron chi connectivity index (χ0n) is 15.6. The molecule has 0 saturated carbocycles. The molecule has 0 fully saturated rings. The van der Waals surface area contributed by atoms with Gasteiger partial charge in [0.15, 0.2) is 5.95 Å². The predicted octanol–water partition coefficient (Wildman–Crippen LogP) is 2.43. The second-order valence-corrected chi connectivity index (χ2v) is 5.62. The molecule has 0 amide bonds. The van der Waals surface area contributed by atoms with Crippen LogP contribution in [-0.4, -0.2) is 36.1 Å².